The molecule has 2 aromatic rings. The molecule has 0 bridgehead atoms. The summed E-state index contributed by atoms with van der Waals surface area (Å²) < 4.78 is 28.0. The summed E-state index contributed by atoms with van der Waals surface area (Å²) in [4.78, 5) is 27.1. The Bertz CT molecular complexity index is 815. The third-order valence-corrected chi connectivity index (χ3v) is 4.37. The van der Waals surface area contributed by atoms with E-state index in [1.807, 2.05) is 4.90 Å². The second kappa shape index (κ2) is 7.01. The van der Waals surface area contributed by atoms with Gasteiger partial charge < -0.3 is 9.80 Å². The number of Topliss-reactive ketones (excluding diaryl/α,β-unsaturated/α-hetero) is 1. The minimum absolute atomic E-state index is 0.0490. The van der Waals surface area contributed by atoms with Crippen molar-refractivity contribution in [2.45, 2.75) is 6.92 Å². The van der Waals surface area contributed by atoms with Gasteiger partial charge in [-0.15, -0.1) is 0 Å². The Morgan fingerprint density at radius 2 is 1.60 bits per heavy atom. The van der Waals surface area contributed by atoms with Gasteiger partial charge in [0.15, 0.2) is 5.78 Å². The second-order valence-electron chi connectivity index (χ2n) is 5.98. The molecule has 4 nitrogen and oxygen atoms in total. The zero-order valence-corrected chi connectivity index (χ0v) is 13.8. The summed E-state index contributed by atoms with van der Waals surface area (Å²) in [6.45, 7) is 3.02. The normalized spacial score (nSPS) is 14.5. The predicted octanol–water partition coefficient (Wildman–Crippen LogP) is 3.13. The molecule has 0 atom stereocenters. The van der Waals surface area contributed by atoms with Gasteiger partial charge in [0, 0.05) is 31.7 Å². The average Bonchev–Trinajstić information content (AvgIpc) is 2.61. The maximum absolute atomic E-state index is 14.2. The number of benzene rings is 2. The van der Waals surface area contributed by atoms with Crippen LogP contribution in [0.5, 0.6) is 0 Å². The van der Waals surface area contributed by atoms with Crippen molar-refractivity contribution < 1.29 is 18.4 Å². The topological polar surface area (TPSA) is 40.6 Å². The number of hydrogen-bond acceptors (Lipinski definition) is 3. The smallest absolute Gasteiger partial charge is 0.256 e. The number of carbonyl (C=O) groups excluding carboxylic acids is 2. The van der Waals surface area contributed by atoms with E-state index < -0.39 is 11.6 Å². The van der Waals surface area contributed by atoms with E-state index >= 15 is 0 Å². The fourth-order valence-electron chi connectivity index (χ4n) is 2.94. The number of nitrogens with zero attached hydrogens (tertiary/aromatic N) is 2. The first-order valence-electron chi connectivity index (χ1n) is 8.06. The molecule has 1 aliphatic rings. The van der Waals surface area contributed by atoms with Crippen LogP contribution in [-0.2, 0) is 0 Å². The Kier molecular flexibility index (Phi) is 4.79. The molecule has 0 aromatic heterocycles. The van der Waals surface area contributed by atoms with Gasteiger partial charge in [-0.1, -0.05) is 12.1 Å². The van der Waals surface area contributed by atoms with E-state index in [0.29, 0.717) is 37.4 Å². The van der Waals surface area contributed by atoms with Gasteiger partial charge in [-0.3, -0.25) is 9.59 Å². The molecular weight excluding hydrogens is 326 g/mol. The summed E-state index contributed by atoms with van der Waals surface area (Å²) in [6.07, 6.45) is 0. The van der Waals surface area contributed by atoms with E-state index in [2.05, 4.69) is 0 Å². The standard InChI is InChI=1S/C19H18F2N2O2/c1-13(24)14-6-7-18(17(21)12-14)22-8-10-23(11-9-22)19(25)15-4-2-3-5-16(15)20/h2-7,12H,8-11H2,1H3. The summed E-state index contributed by atoms with van der Waals surface area (Å²) >= 11 is 0. The molecule has 130 valence electrons. The summed E-state index contributed by atoms with van der Waals surface area (Å²) in [5, 5.41) is 0. The number of anilines is 1. The first-order valence-corrected chi connectivity index (χ1v) is 8.06. The highest BCUT2D eigenvalue weighted by Gasteiger charge is 2.25. The van der Waals surface area contributed by atoms with Crippen molar-refractivity contribution in [1.29, 1.82) is 0 Å². The van der Waals surface area contributed by atoms with Crippen LogP contribution in [0.3, 0.4) is 0 Å². The van der Waals surface area contributed by atoms with E-state index in [-0.39, 0.29) is 17.3 Å². The molecule has 0 spiro atoms. The van der Waals surface area contributed by atoms with Crippen molar-refractivity contribution in [2.24, 2.45) is 0 Å². The number of piperazine rings is 1. The Morgan fingerprint density at radius 1 is 0.920 bits per heavy atom. The van der Waals surface area contributed by atoms with Gasteiger partial charge >= 0.3 is 0 Å². The Hall–Kier alpha value is -2.76. The van der Waals surface area contributed by atoms with Crippen LogP contribution >= 0.6 is 0 Å². The highest BCUT2D eigenvalue weighted by atomic mass is 19.1. The Labute approximate surface area is 144 Å². The first-order chi connectivity index (χ1) is 12.0. The van der Waals surface area contributed by atoms with Crippen molar-refractivity contribution in [3.63, 3.8) is 0 Å². The molecular formula is C19H18F2N2O2. The quantitative estimate of drug-likeness (QED) is 0.803. The molecule has 1 fully saturated rings. The first kappa shape index (κ1) is 17.1. The van der Waals surface area contributed by atoms with E-state index in [1.54, 1.807) is 23.1 Å². The zero-order valence-electron chi connectivity index (χ0n) is 13.8. The van der Waals surface area contributed by atoms with Gasteiger partial charge in [0.1, 0.15) is 11.6 Å². The SMILES string of the molecule is CC(=O)c1ccc(N2CCN(C(=O)c3ccccc3F)CC2)c(F)c1. The predicted molar refractivity (Wildman–Crippen MR) is 90.9 cm³/mol. The molecule has 2 aromatic carbocycles. The summed E-state index contributed by atoms with van der Waals surface area (Å²) in [7, 11) is 0. The van der Waals surface area contributed by atoms with Crippen LogP contribution in [0.15, 0.2) is 42.5 Å². The Balaban J connectivity index is 1.69. The molecule has 0 unspecified atom stereocenters. The largest absolute Gasteiger partial charge is 0.366 e. The van der Waals surface area contributed by atoms with Crippen molar-refractivity contribution in [3.05, 3.63) is 65.2 Å². The van der Waals surface area contributed by atoms with Crippen LogP contribution in [0.4, 0.5) is 14.5 Å². The number of amides is 1. The molecule has 1 heterocycles. The van der Waals surface area contributed by atoms with E-state index in [0.717, 1.165) is 0 Å². The monoisotopic (exact) mass is 344 g/mol. The minimum atomic E-state index is -0.541. The van der Waals surface area contributed by atoms with Gasteiger partial charge in [0.25, 0.3) is 5.91 Å². The molecule has 1 aliphatic heterocycles. The van der Waals surface area contributed by atoms with Crippen LogP contribution in [0, 0.1) is 11.6 Å². The summed E-state index contributed by atoms with van der Waals surface area (Å²) in [5.74, 6) is -1.54. The molecule has 0 aliphatic carbocycles. The van der Waals surface area contributed by atoms with Crippen LogP contribution in [0.1, 0.15) is 27.6 Å². The second-order valence-corrected chi connectivity index (χ2v) is 5.98. The maximum Gasteiger partial charge on any atom is 0.256 e. The van der Waals surface area contributed by atoms with Crippen molar-refractivity contribution in [1.82, 2.24) is 4.90 Å². The van der Waals surface area contributed by atoms with Gasteiger partial charge in [-0.2, -0.15) is 0 Å². The third-order valence-electron chi connectivity index (χ3n) is 4.37. The molecule has 25 heavy (non-hydrogen) atoms. The number of carbonyl (C=O) groups is 2. The number of halogens is 2. The maximum atomic E-state index is 14.2. The molecule has 0 N–H and O–H groups in total. The van der Waals surface area contributed by atoms with Gasteiger partial charge in [-0.25, -0.2) is 8.78 Å². The van der Waals surface area contributed by atoms with Crippen molar-refractivity contribution >= 4 is 17.4 Å². The lowest BCUT2D eigenvalue weighted by Gasteiger charge is -2.36. The van der Waals surface area contributed by atoms with Gasteiger partial charge in [-0.05, 0) is 37.3 Å². The molecule has 1 amide bonds. The fraction of sp³-hybridized carbons (Fsp3) is 0.263. The number of ketones is 1. The van der Waals surface area contributed by atoms with E-state index in [4.69, 9.17) is 0 Å². The molecule has 6 heteroatoms. The van der Waals surface area contributed by atoms with Gasteiger partial charge in [0.2, 0.25) is 0 Å². The Morgan fingerprint density at radius 3 is 2.20 bits per heavy atom. The van der Waals surface area contributed by atoms with Crippen LogP contribution in [-0.4, -0.2) is 42.8 Å². The molecule has 3 rings (SSSR count). The van der Waals surface area contributed by atoms with Crippen LogP contribution in [0.25, 0.3) is 0 Å². The summed E-state index contributed by atoms with van der Waals surface area (Å²) in [6, 6.07) is 10.3. The van der Waals surface area contributed by atoms with E-state index in [9.17, 15) is 18.4 Å². The van der Waals surface area contributed by atoms with E-state index in [1.165, 1.54) is 31.2 Å². The molecule has 1 saturated heterocycles. The highest BCUT2D eigenvalue weighted by molar-refractivity contribution is 5.95. The summed E-state index contributed by atoms with van der Waals surface area (Å²) in [5.41, 5.74) is 0.783. The number of hydrogen-bond donors (Lipinski definition) is 0. The third kappa shape index (κ3) is 3.52. The lowest BCUT2D eigenvalue weighted by Crippen LogP contribution is -2.49. The van der Waals surface area contributed by atoms with Crippen LogP contribution < -0.4 is 4.90 Å². The fourth-order valence-corrected chi connectivity index (χ4v) is 2.94. The minimum Gasteiger partial charge on any atom is -0.366 e. The molecule has 0 radical (unpaired) electrons. The van der Waals surface area contributed by atoms with Crippen molar-refractivity contribution in [3.8, 4) is 0 Å². The van der Waals surface area contributed by atoms with Crippen LogP contribution in [0.2, 0.25) is 0 Å². The molecule has 0 saturated carbocycles. The van der Waals surface area contributed by atoms with Gasteiger partial charge in [0.05, 0.1) is 11.3 Å². The highest BCUT2D eigenvalue weighted by Crippen LogP contribution is 2.23. The average molecular weight is 344 g/mol. The number of rotatable bonds is 3. The lowest BCUT2D eigenvalue weighted by atomic mass is 10.1. The lowest BCUT2D eigenvalue weighted by molar-refractivity contribution is 0.0741. The zero-order chi connectivity index (χ0) is 18.0. The van der Waals surface area contributed by atoms with Crippen molar-refractivity contribution in [2.75, 3.05) is 31.1 Å².